The molecule has 0 spiro atoms. The number of urea groups is 1. The van der Waals surface area contributed by atoms with E-state index in [9.17, 15) is 9.59 Å². The second kappa shape index (κ2) is 5.48. The van der Waals surface area contributed by atoms with Crippen LogP contribution in [0.25, 0.3) is 0 Å². The largest absolute Gasteiger partial charge is 0.481 e. The van der Waals surface area contributed by atoms with Crippen molar-refractivity contribution in [1.82, 2.24) is 25.4 Å². The molecule has 1 rings (SSSR count). The van der Waals surface area contributed by atoms with Gasteiger partial charge in [0.25, 0.3) is 0 Å². The number of hydrogen-bond acceptors (Lipinski definition) is 4. The third-order valence-electron chi connectivity index (χ3n) is 2.10. The normalized spacial score (nSPS) is 11.1. The molecule has 1 heterocycles. The quantitative estimate of drug-likeness (QED) is 0.679. The van der Waals surface area contributed by atoms with E-state index < -0.39 is 17.5 Å². The summed E-state index contributed by atoms with van der Waals surface area (Å²) in [4.78, 5) is 26.1. The lowest BCUT2D eigenvalue weighted by atomic mass is 10.0. The van der Waals surface area contributed by atoms with Crippen molar-refractivity contribution in [3.05, 3.63) is 12.2 Å². The fraction of sp³-hybridized carbons (Fsp3) is 0.600. The lowest BCUT2D eigenvalue weighted by Crippen LogP contribution is -2.49. The number of carbonyl (C=O) groups is 2. The van der Waals surface area contributed by atoms with Crippen molar-refractivity contribution >= 4 is 12.0 Å². The van der Waals surface area contributed by atoms with Crippen molar-refractivity contribution in [1.29, 1.82) is 0 Å². The molecule has 0 atom stereocenters. The average Bonchev–Trinajstić information content (AvgIpc) is 2.58. The Bertz CT molecular complexity index is 440. The fourth-order valence-electron chi connectivity index (χ4n) is 1.40. The standard InChI is InChI=1S/C10H17N5O3/c1-10(2,4-8(16)17)13-9(18)11-5-7-12-6-15(3)14-7/h6H,4-5H2,1-3H3,(H,16,17)(H2,11,13,18). The lowest BCUT2D eigenvalue weighted by Gasteiger charge is -2.24. The van der Waals surface area contributed by atoms with E-state index in [0.29, 0.717) is 5.82 Å². The van der Waals surface area contributed by atoms with Crippen molar-refractivity contribution in [2.45, 2.75) is 32.4 Å². The van der Waals surface area contributed by atoms with Gasteiger partial charge < -0.3 is 15.7 Å². The maximum atomic E-state index is 11.5. The Hall–Kier alpha value is -2.12. The third-order valence-corrected chi connectivity index (χ3v) is 2.10. The molecule has 3 N–H and O–H groups in total. The van der Waals surface area contributed by atoms with Gasteiger partial charge in [-0.15, -0.1) is 0 Å². The zero-order valence-corrected chi connectivity index (χ0v) is 10.6. The molecule has 8 heteroatoms. The van der Waals surface area contributed by atoms with E-state index in [0.717, 1.165) is 0 Å². The minimum atomic E-state index is -0.966. The molecule has 18 heavy (non-hydrogen) atoms. The van der Waals surface area contributed by atoms with Crippen LogP contribution in [0.3, 0.4) is 0 Å². The minimum absolute atomic E-state index is 0.151. The predicted molar refractivity (Wildman–Crippen MR) is 62.7 cm³/mol. The van der Waals surface area contributed by atoms with Gasteiger partial charge >= 0.3 is 12.0 Å². The van der Waals surface area contributed by atoms with Gasteiger partial charge in [0, 0.05) is 12.6 Å². The van der Waals surface area contributed by atoms with Gasteiger partial charge in [0.2, 0.25) is 0 Å². The smallest absolute Gasteiger partial charge is 0.315 e. The molecule has 0 fully saturated rings. The molecule has 0 aromatic carbocycles. The van der Waals surface area contributed by atoms with Crippen molar-refractivity contribution < 1.29 is 14.7 Å². The number of aliphatic carboxylic acids is 1. The first kappa shape index (κ1) is 13.9. The van der Waals surface area contributed by atoms with Gasteiger partial charge in [-0.25, -0.2) is 9.78 Å². The van der Waals surface area contributed by atoms with Gasteiger partial charge in [0.15, 0.2) is 5.82 Å². The van der Waals surface area contributed by atoms with Crippen LogP contribution in [0.2, 0.25) is 0 Å². The highest BCUT2D eigenvalue weighted by molar-refractivity contribution is 5.76. The van der Waals surface area contributed by atoms with Crippen molar-refractivity contribution in [2.24, 2.45) is 7.05 Å². The highest BCUT2D eigenvalue weighted by Gasteiger charge is 2.23. The van der Waals surface area contributed by atoms with Crippen LogP contribution in [0, 0.1) is 0 Å². The van der Waals surface area contributed by atoms with Crippen LogP contribution in [0.1, 0.15) is 26.1 Å². The van der Waals surface area contributed by atoms with Crippen LogP contribution in [-0.4, -0.2) is 37.4 Å². The summed E-state index contributed by atoms with van der Waals surface area (Å²) in [7, 11) is 1.73. The molecule has 0 aliphatic rings. The molecule has 0 aliphatic heterocycles. The molecule has 0 aliphatic carbocycles. The summed E-state index contributed by atoms with van der Waals surface area (Å²) in [5.41, 5.74) is -0.812. The molecule has 1 aromatic rings. The number of amides is 2. The van der Waals surface area contributed by atoms with E-state index in [1.165, 1.54) is 11.0 Å². The maximum absolute atomic E-state index is 11.5. The molecule has 0 radical (unpaired) electrons. The van der Waals surface area contributed by atoms with Crippen molar-refractivity contribution in [3.8, 4) is 0 Å². The molecule has 2 amide bonds. The van der Waals surface area contributed by atoms with Crippen LogP contribution in [0.5, 0.6) is 0 Å². The zero-order chi connectivity index (χ0) is 13.8. The summed E-state index contributed by atoms with van der Waals surface area (Å²) in [6.45, 7) is 3.47. The first-order valence-corrected chi connectivity index (χ1v) is 5.41. The van der Waals surface area contributed by atoms with Gasteiger partial charge in [-0.3, -0.25) is 9.48 Å². The van der Waals surface area contributed by atoms with Crippen LogP contribution < -0.4 is 10.6 Å². The molecule has 100 valence electrons. The molecular formula is C10H17N5O3. The first-order valence-electron chi connectivity index (χ1n) is 5.41. The number of carboxylic acids is 1. The van der Waals surface area contributed by atoms with Gasteiger partial charge in [0.05, 0.1) is 13.0 Å². The van der Waals surface area contributed by atoms with Gasteiger partial charge in [0.1, 0.15) is 6.33 Å². The van der Waals surface area contributed by atoms with E-state index in [1.807, 2.05) is 0 Å². The Morgan fingerprint density at radius 2 is 2.17 bits per heavy atom. The van der Waals surface area contributed by atoms with Crippen molar-refractivity contribution in [2.75, 3.05) is 0 Å². The predicted octanol–water partition coefficient (Wildman–Crippen LogP) is -0.132. The first-order chi connectivity index (χ1) is 8.28. The van der Waals surface area contributed by atoms with E-state index in [2.05, 4.69) is 20.7 Å². The van der Waals surface area contributed by atoms with Crippen LogP contribution >= 0.6 is 0 Å². The Labute approximate surface area is 104 Å². The summed E-state index contributed by atoms with van der Waals surface area (Å²) >= 11 is 0. The summed E-state index contributed by atoms with van der Waals surface area (Å²) in [5, 5.41) is 17.8. The van der Waals surface area contributed by atoms with Gasteiger partial charge in [-0.05, 0) is 13.8 Å². The summed E-state index contributed by atoms with van der Waals surface area (Å²) < 4.78 is 1.53. The summed E-state index contributed by atoms with van der Waals surface area (Å²) in [5.74, 6) is -0.476. The van der Waals surface area contributed by atoms with Crippen LogP contribution in [0.15, 0.2) is 6.33 Å². The van der Waals surface area contributed by atoms with E-state index >= 15 is 0 Å². The van der Waals surface area contributed by atoms with E-state index in [-0.39, 0.29) is 13.0 Å². The minimum Gasteiger partial charge on any atom is -0.481 e. The summed E-state index contributed by atoms with van der Waals surface area (Å²) in [6.07, 6.45) is 1.38. The number of carboxylic acid groups (broad SMARTS) is 1. The SMILES string of the molecule is Cn1cnc(CNC(=O)NC(C)(C)CC(=O)O)n1. The average molecular weight is 255 g/mol. The molecule has 1 aromatic heterocycles. The molecule has 8 nitrogen and oxygen atoms in total. The Kier molecular flexibility index (Phi) is 4.24. The Balaban J connectivity index is 2.39. The third kappa shape index (κ3) is 4.81. The monoisotopic (exact) mass is 255 g/mol. The molecule has 0 unspecified atom stereocenters. The fourth-order valence-corrected chi connectivity index (χ4v) is 1.40. The number of hydrogen-bond donors (Lipinski definition) is 3. The number of aryl methyl sites for hydroxylation is 1. The van der Waals surface area contributed by atoms with Crippen LogP contribution in [-0.2, 0) is 18.4 Å². The number of aromatic nitrogens is 3. The highest BCUT2D eigenvalue weighted by Crippen LogP contribution is 2.07. The lowest BCUT2D eigenvalue weighted by molar-refractivity contribution is -0.138. The van der Waals surface area contributed by atoms with Crippen LogP contribution in [0.4, 0.5) is 4.79 Å². The number of nitrogens with zero attached hydrogens (tertiary/aromatic N) is 3. The Morgan fingerprint density at radius 3 is 2.67 bits per heavy atom. The van der Waals surface area contributed by atoms with Gasteiger partial charge in [-0.1, -0.05) is 0 Å². The molecule has 0 saturated carbocycles. The maximum Gasteiger partial charge on any atom is 0.315 e. The number of nitrogens with one attached hydrogen (secondary N) is 2. The summed E-state index contributed by atoms with van der Waals surface area (Å²) in [6, 6.07) is -0.450. The highest BCUT2D eigenvalue weighted by atomic mass is 16.4. The Morgan fingerprint density at radius 1 is 1.50 bits per heavy atom. The number of carbonyl (C=O) groups excluding carboxylic acids is 1. The van der Waals surface area contributed by atoms with Gasteiger partial charge in [-0.2, -0.15) is 5.10 Å². The topological polar surface area (TPSA) is 109 Å². The second-order valence-corrected chi connectivity index (χ2v) is 4.60. The number of rotatable bonds is 5. The molecule has 0 saturated heterocycles. The van der Waals surface area contributed by atoms with Crippen molar-refractivity contribution in [3.63, 3.8) is 0 Å². The second-order valence-electron chi connectivity index (χ2n) is 4.60. The van der Waals surface area contributed by atoms with E-state index in [4.69, 9.17) is 5.11 Å². The zero-order valence-electron chi connectivity index (χ0n) is 10.6. The molecule has 0 bridgehead atoms. The molecular weight excluding hydrogens is 238 g/mol. The van der Waals surface area contributed by atoms with E-state index in [1.54, 1.807) is 20.9 Å².